The number of rotatable bonds is 11. The normalized spacial score (nSPS) is 10.9. The number of carbonyl (C=O) groups is 2. The maximum Gasteiger partial charge on any atom is 0.359 e. The number of aromatic nitrogens is 1. The van der Waals surface area contributed by atoms with Gasteiger partial charge < -0.3 is 28.8 Å². The summed E-state index contributed by atoms with van der Waals surface area (Å²) < 4.78 is 49.1. The van der Waals surface area contributed by atoms with Crippen molar-refractivity contribution in [3.05, 3.63) is 63.1 Å². The fourth-order valence-electron chi connectivity index (χ4n) is 2.97. The van der Waals surface area contributed by atoms with Crippen LogP contribution in [0.5, 0.6) is 5.75 Å². The van der Waals surface area contributed by atoms with E-state index in [9.17, 15) is 23.2 Å². The van der Waals surface area contributed by atoms with Crippen molar-refractivity contribution in [1.82, 2.24) is 9.88 Å². The van der Waals surface area contributed by atoms with Crippen LogP contribution in [-0.2, 0) is 27.3 Å². The number of carbonyl (C=O) groups excluding carboxylic acids is 2. The first-order chi connectivity index (χ1) is 15.8. The molecule has 0 saturated carbocycles. The van der Waals surface area contributed by atoms with Crippen LogP contribution in [-0.4, -0.2) is 50.2 Å². The molecule has 0 unspecified atom stereocenters. The Morgan fingerprint density at radius 1 is 1.12 bits per heavy atom. The molecule has 1 aromatic heterocycles. The van der Waals surface area contributed by atoms with E-state index in [-0.39, 0.29) is 48.9 Å². The number of amides is 1. The zero-order chi connectivity index (χ0) is 24.5. The van der Waals surface area contributed by atoms with Gasteiger partial charge in [0.15, 0.2) is 17.7 Å². The predicted octanol–water partition coefficient (Wildman–Crippen LogP) is 2.25. The van der Waals surface area contributed by atoms with Crippen molar-refractivity contribution < 1.29 is 37.3 Å². The minimum atomic E-state index is -0.848. The van der Waals surface area contributed by atoms with E-state index in [0.717, 1.165) is 12.3 Å². The van der Waals surface area contributed by atoms with Crippen LogP contribution in [0.3, 0.4) is 0 Å². The maximum atomic E-state index is 13.9. The van der Waals surface area contributed by atoms with Crippen LogP contribution in [0.2, 0.25) is 0 Å². The van der Waals surface area contributed by atoms with E-state index in [1.54, 1.807) is 13.8 Å². The van der Waals surface area contributed by atoms with Gasteiger partial charge >= 0.3 is 5.97 Å². The molecule has 1 heterocycles. The number of nitrogens with one attached hydrogen (secondary N) is 1. The lowest BCUT2D eigenvalue weighted by atomic mass is 10.1. The molecule has 0 atom stereocenters. The van der Waals surface area contributed by atoms with E-state index in [0.29, 0.717) is 6.07 Å². The average molecular weight is 468 g/mol. The number of hydrogen-bond donors (Lipinski definition) is 1. The Labute approximate surface area is 189 Å². The molecule has 33 heavy (non-hydrogen) atoms. The summed E-state index contributed by atoms with van der Waals surface area (Å²) in [6.07, 6.45) is 0.331. The number of methoxy groups -OCH3 is 2. The predicted molar refractivity (Wildman–Crippen MR) is 113 cm³/mol. The van der Waals surface area contributed by atoms with Crippen LogP contribution in [0.25, 0.3) is 0 Å². The molecule has 11 heteroatoms. The highest BCUT2D eigenvalue weighted by Gasteiger charge is 2.27. The molecule has 1 amide bonds. The molecule has 0 saturated heterocycles. The van der Waals surface area contributed by atoms with Crippen LogP contribution in [0, 0.1) is 11.6 Å². The summed E-state index contributed by atoms with van der Waals surface area (Å²) in [5.41, 5.74) is -1.39. The van der Waals surface area contributed by atoms with E-state index in [1.165, 1.54) is 24.9 Å². The van der Waals surface area contributed by atoms with Crippen molar-refractivity contribution in [1.29, 1.82) is 0 Å². The standard InChI is InChI=1S/C22H26F2N2O7/c1-5-32-20-18(22(29)33-6-2)26(12-17(30-3)31-4)11-15(19(20)27)21(28)25-10-13-7-8-14(23)9-16(13)24/h7-9,11,17H,5-6,10,12H2,1-4H3,(H,25,28). The molecule has 0 aliphatic rings. The van der Waals surface area contributed by atoms with Gasteiger partial charge in [-0.25, -0.2) is 13.6 Å². The van der Waals surface area contributed by atoms with Gasteiger partial charge in [0, 0.05) is 38.6 Å². The molecule has 0 radical (unpaired) electrons. The number of halogens is 2. The van der Waals surface area contributed by atoms with Crippen molar-refractivity contribution in [2.75, 3.05) is 27.4 Å². The molecular formula is C22H26F2N2O7. The zero-order valence-corrected chi connectivity index (χ0v) is 18.8. The molecule has 0 bridgehead atoms. The van der Waals surface area contributed by atoms with E-state index < -0.39 is 35.2 Å². The number of hydrogen-bond acceptors (Lipinski definition) is 7. The molecule has 1 N–H and O–H groups in total. The molecule has 0 spiro atoms. The number of ether oxygens (including phenoxy) is 4. The van der Waals surface area contributed by atoms with Gasteiger partial charge in [0.05, 0.1) is 19.8 Å². The Kier molecular flexibility index (Phi) is 9.49. The third-order valence-corrected chi connectivity index (χ3v) is 4.57. The summed E-state index contributed by atoms with van der Waals surface area (Å²) in [6, 6.07) is 2.92. The zero-order valence-electron chi connectivity index (χ0n) is 18.8. The smallest absolute Gasteiger partial charge is 0.359 e. The molecular weight excluding hydrogens is 442 g/mol. The van der Waals surface area contributed by atoms with Crippen molar-refractivity contribution in [2.45, 2.75) is 33.2 Å². The molecule has 0 aliphatic heterocycles. The topological polar surface area (TPSA) is 105 Å². The summed E-state index contributed by atoms with van der Waals surface area (Å²) in [7, 11) is 2.77. The van der Waals surface area contributed by atoms with Gasteiger partial charge in [0.2, 0.25) is 5.43 Å². The quantitative estimate of drug-likeness (QED) is 0.398. The van der Waals surface area contributed by atoms with Crippen LogP contribution >= 0.6 is 0 Å². The van der Waals surface area contributed by atoms with Gasteiger partial charge in [0.25, 0.3) is 5.91 Å². The summed E-state index contributed by atoms with van der Waals surface area (Å²) >= 11 is 0. The lowest BCUT2D eigenvalue weighted by molar-refractivity contribution is -0.111. The lowest BCUT2D eigenvalue weighted by Crippen LogP contribution is -2.34. The molecule has 0 aliphatic carbocycles. The first-order valence-electron chi connectivity index (χ1n) is 10.1. The third-order valence-electron chi connectivity index (χ3n) is 4.57. The largest absolute Gasteiger partial charge is 0.488 e. The lowest BCUT2D eigenvalue weighted by Gasteiger charge is -2.21. The summed E-state index contributed by atoms with van der Waals surface area (Å²) in [5.74, 6) is -3.65. The van der Waals surface area contributed by atoms with Crippen LogP contribution in [0.1, 0.15) is 40.3 Å². The Bertz CT molecular complexity index is 1050. The second-order valence-electron chi connectivity index (χ2n) is 6.67. The number of esters is 1. The fraction of sp³-hybridized carbons (Fsp3) is 0.409. The minimum absolute atomic E-state index is 0.0251. The van der Waals surface area contributed by atoms with Crippen LogP contribution in [0.4, 0.5) is 8.78 Å². The first-order valence-corrected chi connectivity index (χ1v) is 10.1. The summed E-state index contributed by atoms with van der Waals surface area (Å²) in [4.78, 5) is 38.5. The maximum absolute atomic E-state index is 13.9. The van der Waals surface area contributed by atoms with E-state index in [4.69, 9.17) is 18.9 Å². The molecule has 1 aromatic carbocycles. The van der Waals surface area contributed by atoms with Gasteiger partial charge in [-0.2, -0.15) is 0 Å². The number of pyridine rings is 1. The highest BCUT2D eigenvalue weighted by Crippen LogP contribution is 2.19. The molecule has 2 aromatic rings. The Morgan fingerprint density at radius 2 is 1.82 bits per heavy atom. The first kappa shape index (κ1) is 25.9. The van der Waals surface area contributed by atoms with Gasteiger partial charge in [-0.3, -0.25) is 9.59 Å². The van der Waals surface area contributed by atoms with E-state index in [2.05, 4.69) is 5.32 Å². The summed E-state index contributed by atoms with van der Waals surface area (Å²) in [5, 5.41) is 2.42. The van der Waals surface area contributed by atoms with Gasteiger partial charge in [0.1, 0.15) is 17.2 Å². The highest BCUT2D eigenvalue weighted by molar-refractivity contribution is 5.96. The van der Waals surface area contributed by atoms with Gasteiger partial charge in [-0.15, -0.1) is 0 Å². The second-order valence-corrected chi connectivity index (χ2v) is 6.67. The Morgan fingerprint density at radius 3 is 2.39 bits per heavy atom. The Hall–Kier alpha value is -3.31. The van der Waals surface area contributed by atoms with E-state index >= 15 is 0 Å². The monoisotopic (exact) mass is 468 g/mol. The Balaban J connectivity index is 2.51. The number of nitrogens with zero attached hydrogens (tertiary/aromatic N) is 1. The van der Waals surface area contributed by atoms with Crippen LogP contribution < -0.4 is 15.5 Å². The van der Waals surface area contributed by atoms with Gasteiger partial charge in [-0.05, 0) is 19.9 Å². The SMILES string of the molecule is CCOC(=O)c1c(OCC)c(=O)c(C(=O)NCc2ccc(F)cc2F)cn1CC(OC)OC. The fourth-order valence-corrected chi connectivity index (χ4v) is 2.97. The average Bonchev–Trinajstić information content (AvgIpc) is 2.78. The van der Waals surface area contributed by atoms with Gasteiger partial charge in [-0.1, -0.05) is 6.07 Å². The van der Waals surface area contributed by atoms with Crippen molar-refractivity contribution in [3.8, 4) is 5.75 Å². The highest BCUT2D eigenvalue weighted by atomic mass is 19.1. The minimum Gasteiger partial charge on any atom is -0.488 e. The molecule has 180 valence electrons. The van der Waals surface area contributed by atoms with E-state index in [1.807, 2.05) is 0 Å². The molecule has 0 fully saturated rings. The number of benzene rings is 1. The van der Waals surface area contributed by atoms with Crippen molar-refractivity contribution in [2.24, 2.45) is 0 Å². The molecule has 2 rings (SSSR count). The van der Waals surface area contributed by atoms with Crippen molar-refractivity contribution in [3.63, 3.8) is 0 Å². The van der Waals surface area contributed by atoms with Crippen LogP contribution in [0.15, 0.2) is 29.2 Å². The summed E-state index contributed by atoms with van der Waals surface area (Å²) in [6.45, 7) is 2.91. The third kappa shape index (κ3) is 6.36. The second kappa shape index (κ2) is 12.1. The molecule has 9 nitrogen and oxygen atoms in total. The van der Waals surface area contributed by atoms with Crippen molar-refractivity contribution >= 4 is 11.9 Å².